The van der Waals surface area contributed by atoms with Crippen LogP contribution in [0.5, 0.6) is 0 Å². The van der Waals surface area contributed by atoms with Crippen LogP contribution in [0.25, 0.3) is 0 Å². The number of hydrogen-bond donors (Lipinski definition) is 2. The predicted octanol–water partition coefficient (Wildman–Crippen LogP) is -1.15. The molecular weight excluding hydrogens is 315 g/mol. The number of nitrogens with one attached hydrogen (secondary N) is 1. The van der Waals surface area contributed by atoms with Crippen molar-refractivity contribution in [3.8, 4) is 0 Å². The molecule has 0 radical (unpaired) electrons. The highest BCUT2D eigenvalue weighted by Crippen LogP contribution is 2.37. The van der Waals surface area contributed by atoms with Gasteiger partial charge in [-0.05, 0) is 6.92 Å². The number of rotatable bonds is 4. The number of ketones is 1. The Hall–Kier alpha value is -2.33. The molecule has 1 saturated heterocycles. The Labute approximate surface area is 128 Å². The SMILES string of the molecule is CC(=O)OC[C@H]1O[C@@H](n2cc(F)c(=O)[nH]c2=O)C[C@@]1(O)C(C)=O. The first-order valence-electron chi connectivity index (χ1n) is 6.68. The quantitative estimate of drug-likeness (QED) is 0.667. The van der Waals surface area contributed by atoms with Crippen LogP contribution in [-0.4, -0.2) is 44.7 Å². The van der Waals surface area contributed by atoms with Crippen LogP contribution in [0.1, 0.15) is 26.5 Å². The van der Waals surface area contributed by atoms with Crippen LogP contribution >= 0.6 is 0 Å². The maximum atomic E-state index is 13.4. The minimum Gasteiger partial charge on any atom is -0.463 e. The molecule has 0 bridgehead atoms. The molecule has 2 N–H and O–H groups in total. The third-order valence-corrected chi connectivity index (χ3v) is 3.62. The molecule has 0 saturated carbocycles. The minimum absolute atomic E-state index is 0.361. The van der Waals surface area contributed by atoms with Gasteiger partial charge in [0.05, 0.1) is 6.20 Å². The fourth-order valence-corrected chi connectivity index (χ4v) is 2.33. The molecule has 1 fully saturated rings. The summed E-state index contributed by atoms with van der Waals surface area (Å²) in [6.45, 7) is 1.84. The van der Waals surface area contributed by atoms with E-state index in [9.17, 15) is 28.7 Å². The van der Waals surface area contributed by atoms with Gasteiger partial charge in [-0.15, -0.1) is 0 Å². The van der Waals surface area contributed by atoms with Gasteiger partial charge in [0.15, 0.2) is 11.4 Å². The van der Waals surface area contributed by atoms with Crippen LogP contribution in [0.15, 0.2) is 15.8 Å². The van der Waals surface area contributed by atoms with E-state index in [1.54, 1.807) is 4.98 Å². The molecule has 0 spiro atoms. The first kappa shape index (κ1) is 17.0. The first-order chi connectivity index (χ1) is 10.6. The lowest BCUT2D eigenvalue weighted by atomic mass is 9.91. The highest BCUT2D eigenvalue weighted by molar-refractivity contribution is 5.85. The van der Waals surface area contributed by atoms with E-state index in [4.69, 9.17) is 9.47 Å². The summed E-state index contributed by atoms with van der Waals surface area (Å²) in [6.07, 6.45) is -2.17. The molecule has 2 rings (SSSR count). The van der Waals surface area contributed by atoms with Gasteiger partial charge in [-0.2, -0.15) is 4.39 Å². The molecule has 10 heteroatoms. The zero-order chi connectivity index (χ0) is 17.4. The third kappa shape index (κ3) is 3.22. The van der Waals surface area contributed by atoms with E-state index in [2.05, 4.69) is 0 Å². The van der Waals surface area contributed by atoms with Gasteiger partial charge in [-0.1, -0.05) is 0 Å². The largest absolute Gasteiger partial charge is 0.463 e. The van der Waals surface area contributed by atoms with Gasteiger partial charge in [-0.25, -0.2) is 4.79 Å². The van der Waals surface area contributed by atoms with Gasteiger partial charge < -0.3 is 14.6 Å². The average Bonchev–Trinajstić information content (AvgIpc) is 2.79. The second kappa shape index (κ2) is 6.05. The Balaban J connectivity index is 2.35. The zero-order valence-corrected chi connectivity index (χ0v) is 12.4. The van der Waals surface area contributed by atoms with E-state index >= 15 is 0 Å². The normalized spacial score (nSPS) is 27.0. The third-order valence-electron chi connectivity index (χ3n) is 3.62. The minimum atomic E-state index is -2.01. The fourth-order valence-electron chi connectivity index (χ4n) is 2.33. The summed E-state index contributed by atoms with van der Waals surface area (Å²) in [6, 6.07) is 0. The Bertz CT molecular complexity index is 755. The van der Waals surface area contributed by atoms with Crippen molar-refractivity contribution in [2.24, 2.45) is 0 Å². The summed E-state index contributed by atoms with van der Waals surface area (Å²) in [5.74, 6) is -2.52. The van der Waals surface area contributed by atoms with Gasteiger partial charge in [-0.3, -0.25) is 23.9 Å². The van der Waals surface area contributed by atoms with Gasteiger partial charge in [0, 0.05) is 13.3 Å². The van der Waals surface area contributed by atoms with Crippen molar-refractivity contribution in [2.75, 3.05) is 6.61 Å². The van der Waals surface area contributed by atoms with E-state index in [0.29, 0.717) is 6.20 Å². The smallest absolute Gasteiger partial charge is 0.330 e. The number of aromatic nitrogens is 2. The summed E-state index contributed by atoms with van der Waals surface area (Å²) < 4.78 is 24.2. The summed E-state index contributed by atoms with van der Waals surface area (Å²) in [5.41, 5.74) is -4.16. The molecule has 126 valence electrons. The molecule has 23 heavy (non-hydrogen) atoms. The topological polar surface area (TPSA) is 128 Å². The Morgan fingerprint density at radius 3 is 2.74 bits per heavy atom. The first-order valence-corrected chi connectivity index (χ1v) is 6.68. The van der Waals surface area contributed by atoms with Gasteiger partial charge in [0.1, 0.15) is 18.9 Å². The van der Waals surface area contributed by atoms with Crippen molar-refractivity contribution in [3.63, 3.8) is 0 Å². The molecule has 0 amide bonds. The van der Waals surface area contributed by atoms with E-state index in [0.717, 1.165) is 18.4 Å². The molecule has 0 aliphatic carbocycles. The highest BCUT2D eigenvalue weighted by atomic mass is 19.1. The number of halogens is 1. The van der Waals surface area contributed by atoms with Crippen LogP contribution in [0.2, 0.25) is 0 Å². The lowest BCUT2D eigenvalue weighted by molar-refractivity contribution is -0.157. The van der Waals surface area contributed by atoms with E-state index in [1.807, 2.05) is 0 Å². The van der Waals surface area contributed by atoms with Crippen LogP contribution in [-0.2, 0) is 19.1 Å². The van der Waals surface area contributed by atoms with Crippen molar-refractivity contribution in [2.45, 2.75) is 38.2 Å². The van der Waals surface area contributed by atoms with Gasteiger partial charge in [0.25, 0.3) is 5.56 Å². The number of carbonyl (C=O) groups excluding carboxylic acids is 2. The number of carbonyl (C=O) groups is 2. The van der Waals surface area contributed by atoms with Crippen LogP contribution in [0, 0.1) is 5.82 Å². The molecule has 0 aromatic carbocycles. The number of nitrogens with zero attached hydrogens (tertiary/aromatic N) is 1. The molecule has 2 heterocycles. The van der Waals surface area contributed by atoms with Crippen LogP contribution < -0.4 is 11.2 Å². The molecule has 1 aliphatic rings. The van der Waals surface area contributed by atoms with Crippen LogP contribution in [0.3, 0.4) is 0 Å². The molecule has 1 aromatic heterocycles. The number of esters is 1. The van der Waals surface area contributed by atoms with E-state index in [1.165, 1.54) is 0 Å². The number of ether oxygens (including phenoxy) is 2. The Kier molecular flexibility index (Phi) is 4.48. The van der Waals surface area contributed by atoms with Gasteiger partial charge in [0.2, 0.25) is 5.82 Å². The second-order valence-corrected chi connectivity index (χ2v) is 5.21. The van der Waals surface area contributed by atoms with Crippen molar-refractivity contribution in [1.29, 1.82) is 0 Å². The van der Waals surface area contributed by atoms with Crippen LogP contribution in [0.4, 0.5) is 4.39 Å². The maximum absolute atomic E-state index is 13.4. The Morgan fingerprint density at radius 2 is 2.17 bits per heavy atom. The number of H-pyrrole nitrogens is 1. The molecular formula is C13H15FN2O7. The number of hydrogen-bond acceptors (Lipinski definition) is 7. The number of aliphatic hydroxyl groups is 1. The van der Waals surface area contributed by atoms with Crippen molar-refractivity contribution >= 4 is 11.8 Å². The molecule has 9 nitrogen and oxygen atoms in total. The molecule has 1 aromatic rings. The van der Waals surface area contributed by atoms with E-state index in [-0.39, 0.29) is 6.42 Å². The van der Waals surface area contributed by atoms with E-state index < -0.39 is 53.4 Å². The second-order valence-electron chi connectivity index (χ2n) is 5.21. The highest BCUT2D eigenvalue weighted by Gasteiger charge is 2.52. The summed E-state index contributed by atoms with van der Waals surface area (Å²) in [7, 11) is 0. The Morgan fingerprint density at radius 1 is 1.52 bits per heavy atom. The maximum Gasteiger partial charge on any atom is 0.330 e. The zero-order valence-electron chi connectivity index (χ0n) is 12.4. The lowest BCUT2D eigenvalue weighted by Crippen LogP contribution is -2.47. The average molecular weight is 330 g/mol. The fraction of sp³-hybridized carbons (Fsp3) is 0.538. The molecule has 0 unspecified atom stereocenters. The number of Topliss-reactive ketones (excluding diaryl/α,β-unsaturated/α-hetero) is 1. The van der Waals surface area contributed by atoms with Crippen molar-refractivity contribution in [1.82, 2.24) is 9.55 Å². The lowest BCUT2D eigenvalue weighted by Gasteiger charge is -2.24. The molecule has 1 aliphatic heterocycles. The van der Waals surface area contributed by atoms with Crippen molar-refractivity contribution in [3.05, 3.63) is 32.9 Å². The summed E-state index contributed by atoms with van der Waals surface area (Å²) >= 11 is 0. The summed E-state index contributed by atoms with van der Waals surface area (Å²) in [4.78, 5) is 47.1. The molecule has 3 atom stereocenters. The summed E-state index contributed by atoms with van der Waals surface area (Å²) in [5, 5.41) is 10.4. The van der Waals surface area contributed by atoms with Crippen molar-refractivity contribution < 1.29 is 28.6 Å². The monoisotopic (exact) mass is 330 g/mol. The number of aromatic amines is 1. The van der Waals surface area contributed by atoms with Gasteiger partial charge >= 0.3 is 11.7 Å². The standard InChI is InChI=1S/C13H15FN2O7/c1-6(17)13(21)3-10(23-9(13)5-22-7(2)18)16-4-8(14)11(19)15-12(16)20/h4,9-10,21H,3,5H2,1-2H3,(H,15,19,20)/t9-,10-,13-/m1/s1. The predicted molar refractivity (Wildman–Crippen MR) is 72.1 cm³/mol.